The van der Waals surface area contributed by atoms with Crippen LogP contribution in [0.2, 0.25) is 0 Å². The summed E-state index contributed by atoms with van der Waals surface area (Å²) in [5, 5.41) is 17.2. The third kappa shape index (κ3) is 1.57. The Kier molecular flexibility index (Phi) is 2.15. The Balaban J connectivity index is 2.03. The number of benzene rings is 1. The summed E-state index contributed by atoms with van der Waals surface area (Å²) in [6.07, 6.45) is 3.07. The number of phenols is 1. The van der Waals surface area contributed by atoms with Crippen LogP contribution in [-0.2, 0) is 13.0 Å². The van der Waals surface area contributed by atoms with Gasteiger partial charge in [0, 0.05) is 18.8 Å². The smallest absolute Gasteiger partial charge is 0.117 e. The Labute approximate surface area is 93.5 Å². The van der Waals surface area contributed by atoms with Crippen LogP contribution in [0.25, 0.3) is 5.69 Å². The maximum Gasteiger partial charge on any atom is 0.117 e. The Morgan fingerprint density at radius 2 is 2.31 bits per heavy atom. The fraction of sp³-hybridized carbons (Fsp3) is 0.250. The average molecular weight is 215 g/mol. The van der Waals surface area contributed by atoms with Crippen LogP contribution in [0.1, 0.15) is 11.3 Å². The largest absolute Gasteiger partial charge is 0.508 e. The minimum atomic E-state index is 0.268. The van der Waals surface area contributed by atoms with E-state index in [2.05, 4.69) is 10.4 Å². The van der Waals surface area contributed by atoms with Gasteiger partial charge in [0.25, 0.3) is 0 Å². The van der Waals surface area contributed by atoms with Crippen molar-refractivity contribution in [3.05, 3.63) is 41.7 Å². The number of nitrogens with zero attached hydrogens (tertiary/aromatic N) is 2. The van der Waals surface area contributed by atoms with Crippen molar-refractivity contribution in [3.63, 3.8) is 0 Å². The van der Waals surface area contributed by atoms with Gasteiger partial charge in [-0.05, 0) is 30.7 Å². The number of nitrogens with one attached hydrogen (secondary N) is 1. The van der Waals surface area contributed by atoms with Crippen LogP contribution in [0.3, 0.4) is 0 Å². The van der Waals surface area contributed by atoms with Crippen molar-refractivity contribution < 1.29 is 5.11 Å². The zero-order chi connectivity index (χ0) is 11.0. The van der Waals surface area contributed by atoms with Gasteiger partial charge < -0.3 is 10.4 Å². The predicted molar refractivity (Wildman–Crippen MR) is 60.6 cm³/mol. The number of fused-ring (bicyclic) bond motifs is 1. The van der Waals surface area contributed by atoms with Crippen molar-refractivity contribution in [2.75, 3.05) is 6.54 Å². The van der Waals surface area contributed by atoms with Gasteiger partial charge in [0.15, 0.2) is 0 Å². The van der Waals surface area contributed by atoms with Gasteiger partial charge in [-0.25, -0.2) is 4.68 Å². The number of rotatable bonds is 1. The lowest BCUT2D eigenvalue weighted by Crippen LogP contribution is -2.22. The summed E-state index contributed by atoms with van der Waals surface area (Å²) in [6.45, 7) is 1.85. The Morgan fingerprint density at radius 1 is 1.38 bits per heavy atom. The highest BCUT2D eigenvalue weighted by Gasteiger charge is 2.13. The van der Waals surface area contributed by atoms with Crippen LogP contribution in [-0.4, -0.2) is 21.4 Å². The summed E-state index contributed by atoms with van der Waals surface area (Å²) < 4.78 is 1.83. The molecular formula is C12H13N3O. The fourth-order valence-corrected chi connectivity index (χ4v) is 2.00. The SMILES string of the molecule is Oc1cccc(-n2cc3c(n2)CNCC3)c1. The molecule has 0 amide bonds. The number of hydrogen-bond acceptors (Lipinski definition) is 3. The topological polar surface area (TPSA) is 50.1 Å². The third-order valence-corrected chi connectivity index (χ3v) is 2.84. The summed E-state index contributed by atoms with van der Waals surface area (Å²) in [4.78, 5) is 0. The van der Waals surface area contributed by atoms with Crippen LogP contribution >= 0.6 is 0 Å². The molecule has 1 aromatic heterocycles. The Hall–Kier alpha value is -1.81. The molecule has 2 N–H and O–H groups in total. The van der Waals surface area contributed by atoms with E-state index in [1.54, 1.807) is 12.1 Å². The molecule has 16 heavy (non-hydrogen) atoms. The van der Waals surface area contributed by atoms with E-state index in [1.165, 1.54) is 5.56 Å². The van der Waals surface area contributed by atoms with Gasteiger partial charge in [-0.1, -0.05) is 6.07 Å². The van der Waals surface area contributed by atoms with Crippen molar-refractivity contribution in [1.29, 1.82) is 0 Å². The second-order valence-electron chi connectivity index (χ2n) is 3.99. The van der Waals surface area contributed by atoms with Crippen molar-refractivity contribution in [3.8, 4) is 11.4 Å². The predicted octanol–water partition coefficient (Wildman–Crippen LogP) is 1.22. The number of aromatic nitrogens is 2. The molecule has 2 aromatic rings. The highest BCUT2D eigenvalue weighted by molar-refractivity contribution is 5.39. The van der Waals surface area contributed by atoms with E-state index in [0.717, 1.165) is 30.9 Å². The van der Waals surface area contributed by atoms with Crippen LogP contribution < -0.4 is 5.32 Å². The van der Waals surface area contributed by atoms with Crippen LogP contribution in [0, 0.1) is 0 Å². The molecule has 0 radical (unpaired) electrons. The lowest BCUT2D eigenvalue weighted by Gasteiger charge is -2.09. The molecule has 0 unspecified atom stereocenters. The van der Waals surface area contributed by atoms with Gasteiger partial charge in [-0.3, -0.25) is 0 Å². The first-order valence-electron chi connectivity index (χ1n) is 5.40. The van der Waals surface area contributed by atoms with Gasteiger partial charge >= 0.3 is 0 Å². The maximum absolute atomic E-state index is 9.42. The average Bonchev–Trinajstić information content (AvgIpc) is 2.72. The monoisotopic (exact) mass is 215 g/mol. The molecule has 0 saturated carbocycles. The summed E-state index contributed by atoms with van der Waals surface area (Å²) >= 11 is 0. The molecule has 3 rings (SSSR count). The highest BCUT2D eigenvalue weighted by atomic mass is 16.3. The van der Waals surface area contributed by atoms with E-state index in [9.17, 15) is 5.11 Å². The molecule has 0 atom stereocenters. The van der Waals surface area contributed by atoms with Gasteiger partial charge in [0.2, 0.25) is 0 Å². The molecular weight excluding hydrogens is 202 g/mol. The first-order chi connectivity index (χ1) is 7.83. The molecule has 0 spiro atoms. The lowest BCUT2D eigenvalue weighted by molar-refractivity contribution is 0.475. The normalized spacial score (nSPS) is 14.8. The molecule has 1 aromatic carbocycles. The van der Waals surface area contributed by atoms with Crippen molar-refractivity contribution in [1.82, 2.24) is 15.1 Å². The summed E-state index contributed by atoms with van der Waals surface area (Å²) in [5.41, 5.74) is 3.30. The molecule has 0 saturated heterocycles. The van der Waals surface area contributed by atoms with Gasteiger partial charge in [-0.15, -0.1) is 0 Å². The Bertz CT molecular complexity index is 495. The maximum atomic E-state index is 9.42. The molecule has 2 heterocycles. The standard InChI is InChI=1S/C12H13N3O/c16-11-3-1-2-10(6-11)15-8-9-4-5-13-7-12(9)14-15/h1-3,6,8,13,16H,4-5,7H2. The van der Waals surface area contributed by atoms with E-state index in [1.807, 2.05) is 23.0 Å². The number of aromatic hydroxyl groups is 1. The van der Waals surface area contributed by atoms with Crippen LogP contribution in [0.5, 0.6) is 5.75 Å². The quantitative estimate of drug-likeness (QED) is 0.752. The molecule has 4 heteroatoms. The molecule has 1 aliphatic heterocycles. The highest BCUT2D eigenvalue weighted by Crippen LogP contribution is 2.18. The summed E-state index contributed by atoms with van der Waals surface area (Å²) in [6, 6.07) is 7.13. The molecule has 0 bridgehead atoms. The first-order valence-corrected chi connectivity index (χ1v) is 5.40. The fourth-order valence-electron chi connectivity index (χ4n) is 2.00. The van der Waals surface area contributed by atoms with E-state index in [4.69, 9.17) is 0 Å². The third-order valence-electron chi connectivity index (χ3n) is 2.84. The molecule has 82 valence electrons. The van der Waals surface area contributed by atoms with Gasteiger partial charge in [0.1, 0.15) is 5.75 Å². The number of hydrogen-bond donors (Lipinski definition) is 2. The summed E-state index contributed by atoms with van der Waals surface area (Å²) in [7, 11) is 0. The van der Waals surface area contributed by atoms with Crippen molar-refractivity contribution >= 4 is 0 Å². The minimum Gasteiger partial charge on any atom is -0.508 e. The van der Waals surface area contributed by atoms with Crippen LogP contribution in [0.15, 0.2) is 30.5 Å². The second kappa shape index (κ2) is 3.64. The second-order valence-corrected chi connectivity index (χ2v) is 3.99. The molecule has 0 fully saturated rings. The first kappa shape index (κ1) is 9.42. The van der Waals surface area contributed by atoms with Crippen LogP contribution in [0.4, 0.5) is 0 Å². The minimum absolute atomic E-state index is 0.268. The molecule has 4 nitrogen and oxygen atoms in total. The van der Waals surface area contributed by atoms with Gasteiger partial charge in [-0.2, -0.15) is 5.10 Å². The van der Waals surface area contributed by atoms with Gasteiger partial charge in [0.05, 0.1) is 11.4 Å². The van der Waals surface area contributed by atoms with E-state index in [-0.39, 0.29) is 5.75 Å². The zero-order valence-corrected chi connectivity index (χ0v) is 8.85. The van der Waals surface area contributed by atoms with Crippen molar-refractivity contribution in [2.45, 2.75) is 13.0 Å². The van der Waals surface area contributed by atoms with Crippen molar-refractivity contribution in [2.24, 2.45) is 0 Å². The Morgan fingerprint density at radius 3 is 3.12 bits per heavy atom. The zero-order valence-electron chi connectivity index (χ0n) is 8.85. The molecule has 1 aliphatic rings. The van der Waals surface area contributed by atoms with E-state index >= 15 is 0 Å². The number of phenolic OH excluding ortho intramolecular Hbond substituents is 1. The lowest BCUT2D eigenvalue weighted by atomic mass is 10.1. The molecule has 0 aliphatic carbocycles. The van der Waals surface area contributed by atoms with E-state index in [0.29, 0.717) is 0 Å². The van der Waals surface area contributed by atoms with E-state index < -0.39 is 0 Å². The summed E-state index contributed by atoms with van der Waals surface area (Å²) in [5.74, 6) is 0.268.